The Morgan fingerprint density at radius 3 is 1.19 bits per heavy atom. The van der Waals surface area contributed by atoms with Crippen LogP contribution >= 0.6 is 0 Å². The number of aryl methyl sites for hydroxylation is 2. The zero-order valence-corrected chi connectivity index (χ0v) is 27.7. The Labute approximate surface area is 279 Å². The molecule has 0 spiro atoms. The van der Waals surface area contributed by atoms with Crippen LogP contribution in [-0.2, 0) is 5.41 Å². The zero-order valence-electron chi connectivity index (χ0n) is 27.7. The summed E-state index contributed by atoms with van der Waals surface area (Å²) in [5.74, 6) is 0. The summed E-state index contributed by atoms with van der Waals surface area (Å²) in [5.41, 5.74) is 16.4. The highest BCUT2D eigenvalue weighted by atomic mass is 15.1. The van der Waals surface area contributed by atoms with E-state index in [0.29, 0.717) is 0 Å². The molecular weight excluding hydrogens is 569 g/mol. The van der Waals surface area contributed by atoms with Gasteiger partial charge in [-0.05, 0) is 131 Å². The summed E-state index contributed by atoms with van der Waals surface area (Å²) in [6.07, 6.45) is 3.82. The van der Waals surface area contributed by atoms with Crippen molar-refractivity contribution in [3.8, 4) is 11.1 Å². The lowest BCUT2D eigenvalue weighted by atomic mass is 9.82. The van der Waals surface area contributed by atoms with E-state index in [0.717, 1.165) is 45.3 Å². The molecule has 47 heavy (non-hydrogen) atoms. The highest BCUT2D eigenvalue weighted by Crippen LogP contribution is 2.52. The van der Waals surface area contributed by atoms with Gasteiger partial charge in [-0.2, -0.15) is 0 Å². The number of rotatable bonds is 8. The van der Waals surface area contributed by atoms with E-state index in [1.165, 1.54) is 33.4 Å². The lowest BCUT2D eigenvalue weighted by Gasteiger charge is -2.29. The third kappa shape index (κ3) is 5.47. The first-order valence-electron chi connectivity index (χ1n) is 16.2. The maximum Gasteiger partial charge on any atom is 0.0467 e. The molecule has 0 aromatic heterocycles. The minimum atomic E-state index is -0.209. The van der Waals surface area contributed by atoms with Gasteiger partial charge in [0.1, 0.15) is 0 Å². The molecule has 1 aliphatic carbocycles. The van der Waals surface area contributed by atoms with E-state index < -0.39 is 0 Å². The van der Waals surface area contributed by atoms with Crippen molar-refractivity contribution in [2.24, 2.45) is 0 Å². The minimum Gasteiger partial charge on any atom is -0.310 e. The second kappa shape index (κ2) is 12.0. The van der Waals surface area contributed by atoms with Crippen molar-refractivity contribution in [1.29, 1.82) is 0 Å². The standard InChI is InChI=1S/C45H40N2/c1-7-33-15-11-19-37(27-33)46(35-17-9-13-31(3)25-35)39-21-23-41-42-24-22-40(30-44(42)45(5,6)43(41)29-39)47(36-18-10-14-32(4)26-36)38-20-12-16-34(8-2)28-38/h7-30H,1-2H2,3-6H3. The fourth-order valence-electron chi connectivity index (χ4n) is 7.00. The lowest BCUT2D eigenvalue weighted by Crippen LogP contribution is -2.17. The van der Waals surface area contributed by atoms with Crippen molar-refractivity contribution in [3.05, 3.63) is 180 Å². The lowest BCUT2D eigenvalue weighted by molar-refractivity contribution is 0.660. The molecule has 0 atom stereocenters. The Balaban J connectivity index is 1.35. The maximum absolute atomic E-state index is 4.02. The van der Waals surface area contributed by atoms with Crippen LogP contribution in [0.4, 0.5) is 34.1 Å². The van der Waals surface area contributed by atoms with Gasteiger partial charge in [-0.3, -0.25) is 0 Å². The normalized spacial score (nSPS) is 12.6. The summed E-state index contributed by atoms with van der Waals surface area (Å²) in [6.45, 7) is 17.1. The summed E-state index contributed by atoms with van der Waals surface area (Å²) in [5, 5.41) is 0. The van der Waals surface area contributed by atoms with Crippen molar-refractivity contribution < 1.29 is 0 Å². The predicted molar refractivity (Wildman–Crippen MR) is 203 cm³/mol. The van der Waals surface area contributed by atoms with Gasteiger partial charge in [0.25, 0.3) is 0 Å². The van der Waals surface area contributed by atoms with Crippen LogP contribution in [0.2, 0.25) is 0 Å². The van der Waals surface area contributed by atoms with E-state index in [-0.39, 0.29) is 5.41 Å². The highest BCUT2D eigenvalue weighted by Gasteiger charge is 2.37. The van der Waals surface area contributed by atoms with Gasteiger partial charge in [0.05, 0.1) is 0 Å². The summed E-state index contributed by atoms with van der Waals surface area (Å²) in [7, 11) is 0. The molecule has 2 nitrogen and oxygen atoms in total. The fraction of sp³-hybridized carbons (Fsp3) is 0.111. The van der Waals surface area contributed by atoms with Crippen LogP contribution in [0, 0.1) is 13.8 Å². The van der Waals surface area contributed by atoms with Gasteiger partial charge in [0.15, 0.2) is 0 Å². The molecule has 0 saturated carbocycles. The quantitative estimate of drug-likeness (QED) is 0.170. The molecule has 0 unspecified atom stereocenters. The van der Waals surface area contributed by atoms with Crippen molar-refractivity contribution in [2.75, 3.05) is 9.80 Å². The first-order valence-corrected chi connectivity index (χ1v) is 16.2. The smallest absolute Gasteiger partial charge is 0.0467 e. The first-order chi connectivity index (χ1) is 22.8. The summed E-state index contributed by atoms with van der Waals surface area (Å²) < 4.78 is 0. The third-order valence-electron chi connectivity index (χ3n) is 9.41. The number of benzene rings is 6. The van der Waals surface area contributed by atoms with Crippen LogP contribution in [0.5, 0.6) is 0 Å². The van der Waals surface area contributed by atoms with Crippen LogP contribution in [0.25, 0.3) is 23.3 Å². The molecular formula is C45H40N2. The average molecular weight is 609 g/mol. The second-order valence-electron chi connectivity index (χ2n) is 13.0. The van der Waals surface area contributed by atoms with E-state index >= 15 is 0 Å². The molecule has 2 heteroatoms. The molecule has 1 aliphatic rings. The molecule has 230 valence electrons. The van der Waals surface area contributed by atoms with Gasteiger partial charge in [-0.25, -0.2) is 0 Å². The number of hydrogen-bond donors (Lipinski definition) is 0. The monoisotopic (exact) mass is 608 g/mol. The van der Waals surface area contributed by atoms with Crippen LogP contribution in [0.1, 0.15) is 47.2 Å². The van der Waals surface area contributed by atoms with Gasteiger partial charge < -0.3 is 9.80 Å². The summed E-state index contributed by atoms with van der Waals surface area (Å²) in [6, 6.07) is 48.5. The van der Waals surface area contributed by atoms with Crippen LogP contribution in [-0.4, -0.2) is 0 Å². The van der Waals surface area contributed by atoms with Gasteiger partial charge in [0, 0.05) is 39.5 Å². The molecule has 0 aliphatic heterocycles. The number of hydrogen-bond acceptors (Lipinski definition) is 2. The average Bonchev–Trinajstić information content (AvgIpc) is 3.30. The van der Waals surface area contributed by atoms with Crippen molar-refractivity contribution in [1.82, 2.24) is 0 Å². The Morgan fingerprint density at radius 2 is 0.809 bits per heavy atom. The molecule has 7 rings (SSSR count). The van der Waals surface area contributed by atoms with E-state index in [1.54, 1.807) is 0 Å². The topological polar surface area (TPSA) is 6.48 Å². The van der Waals surface area contributed by atoms with Crippen LogP contribution in [0.3, 0.4) is 0 Å². The summed E-state index contributed by atoms with van der Waals surface area (Å²) in [4.78, 5) is 4.72. The number of nitrogens with zero attached hydrogens (tertiary/aromatic N) is 2. The second-order valence-corrected chi connectivity index (χ2v) is 13.0. The van der Waals surface area contributed by atoms with Gasteiger partial charge in [-0.15, -0.1) is 0 Å². The molecule has 0 radical (unpaired) electrons. The maximum atomic E-state index is 4.02. The molecule has 6 aromatic rings. The molecule has 0 bridgehead atoms. The third-order valence-corrected chi connectivity index (χ3v) is 9.41. The van der Waals surface area contributed by atoms with Crippen molar-refractivity contribution >= 4 is 46.3 Å². The molecule has 0 amide bonds. The van der Waals surface area contributed by atoms with E-state index in [4.69, 9.17) is 0 Å². The first kappa shape index (κ1) is 30.1. The van der Waals surface area contributed by atoms with Crippen LogP contribution in [0.15, 0.2) is 147 Å². The molecule has 0 fully saturated rings. The largest absolute Gasteiger partial charge is 0.310 e. The van der Waals surface area contributed by atoms with E-state index in [9.17, 15) is 0 Å². The summed E-state index contributed by atoms with van der Waals surface area (Å²) >= 11 is 0. The van der Waals surface area contributed by atoms with Crippen molar-refractivity contribution in [3.63, 3.8) is 0 Å². The number of fused-ring (bicyclic) bond motifs is 3. The highest BCUT2D eigenvalue weighted by molar-refractivity contribution is 5.88. The molecule has 0 saturated heterocycles. The Morgan fingerprint density at radius 1 is 0.447 bits per heavy atom. The predicted octanol–water partition coefficient (Wildman–Crippen LogP) is 12.8. The molecule has 6 aromatic carbocycles. The van der Waals surface area contributed by atoms with Gasteiger partial charge in [-0.1, -0.05) is 99.8 Å². The number of anilines is 6. The molecule has 0 heterocycles. The van der Waals surface area contributed by atoms with Crippen LogP contribution < -0.4 is 9.80 Å². The zero-order chi connectivity index (χ0) is 32.7. The Kier molecular flexibility index (Phi) is 7.66. The minimum absolute atomic E-state index is 0.209. The fourth-order valence-corrected chi connectivity index (χ4v) is 7.00. The van der Waals surface area contributed by atoms with Gasteiger partial charge in [0.2, 0.25) is 0 Å². The Hall–Kier alpha value is -5.60. The van der Waals surface area contributed by atoms with E-state index in [2.05, 4.69) is 184 Å². The Bertz CT molecular complexity index is 2000. The van der Waals surface area contributed by atoms with E-state index in [1.807, 2.05) is 12.2 Å². The van der Waals surface area contributed by atoms with Gasteiger partial charge >= 0.3 is 0 Å². The molecule has 0 N–H and O–H groups in total. The van der Waals surface area contributed by atoms with Crippen molar-refractivity contribution in [2.45, 2.75) is 33.1 Å². The SMILES string of the molecule is C=Cc1cccc(N(c2cccc(C)c2)c2ccc3c(c2)C(C)(C)c2cc(N(c4cccc(C)c4)c4cccc(C=C)c4)ccc2-3)c1.